The van der Waals surface area contributed by atoms with E-state index in [4.69, 9.17) is 9.47 Å². The lowest BCUT2D eigenvalue weighted by Gasteiger charge is -2.26. The average Bonchev–Trinajstić information content (AvgIpc) is 2.90. The van der Waals surface area contributed by atoms with Crippen molar-refractivity contribution in [1.29, 1.82) is 0 Å². The molecule has 0 aliphatic carbocycles. The first kappa shape index (κ1) is 27.4. The highest BCUT2D eigenvalue weighted by atomic mass is 32.2. The lowest BCUT2D eigenvalue weighted by molar-refractivity contribution is 0.0729. The van der Waals surface area contributed by atoms with Crippen LogP contribution in [0.25, 0.3) is 0 Å². The summed E-state index contributed by atoms with van der Waals surface area (Å²) in [5, 5.41) is 2.61. The van der Waals surface area contributed by atoms with E-state index >= 15 is 0 Å². The summed E-state index contributed by atoms with van der Waals surface area (Å²) in [7, 11) is -6.78. The van der Waals surface area contributed by atoms with E-state index < -0.39 is 42.5 Å². The molecule has 10 nitrogen and oxygen atoms in total. The van der Waals surface area contributed by atoms with E-state index in [2.05, 4.69) is 10.0 Å². The van der Waals surface area contributed by atoms with Crippen molar-refractivity contribution in [2.75, 3.05) is 43.5 Å². The zero-order chi connectivity index (χ0) is 27.5. The van der Waals surface area contributed by atoms with Gasteiger partial charge in [0.05, 0.1) is 25.2 Å². The van der Waals surface area contributed by atoms with Crippen LogP contribution in [0.1, 0.15) is 10.4 Å². The molecule has 0 atom stereocenters. The van der Waals surface area contributed by atoms with Crippen LogP contribution >= 0.6 is 0 Å². The number of sulfonamides is 2. The minimum atomic E-state index is -4.21. The smallest absolute Gasteiger partial charge is 0.261 e. The fraction of sp³-hybridized carbons (Fsp3) is 0.208. The average molecular weight is 568 g/mol. The van der Waals surface area contributed by atoms with Gasteiger partial charge in [-0.2, -0.15) is 4.31 Å². The van der Waals surface area contributed by atoms with E-state index in [-0.39, 0.29) is 53.9 Å². The fourth-order valence-corrected chi connectivity index (χ4v) is 6.29. The summed E-state index contributed by atoms with van der Waals surface area (Å²) < 4.78 is 91.7. The normalized spacial score (nSPS) is 14.6. The summed E-state index contributed by atoms with van der Waals surface area (Å²) >= 11 is 0. The van der Waals surface area contributed by atoms with Crippen LogP contribution in [0.5, 0.6) is 5.75 Å². The van der Waals surface area contributed by atoms with Crippen LogP contribution in [-0.2, 0) is 24.8 Å². The number of hydrogen-bond donors (Lipinski definition) is 2. The van der Waals surface area contributed by atoms with Gasteiger partial charge in [-0.1, -0.05) is 0 Å². The third-order valence-electron chi connectivity index (χ3n) is 5.61. The van der Waals surface area contributed by atoms with Crippen molar-refractivity contribution in [3.63, 3.8) is 0 Å². The molecule has 1 aliphatic rings. The third kappa shape index (κ3) is 5.93. The van der Waals surface area contributed by atoms with Crippen molar-refractivity contribution < 1.29 is 39.9 Å². The Bertz CT molecular complexity index is 1560. The van der Waals surface area contributed by atoms with E-state index in [1.54, 1.807) is 0 Å². The Labute approximate surface area is 218 Å². The summed E-state index contributed by atoms with van der Waals surface area (Å²) in [6, 6.07) is 11.7. The van der Waals surface area contributed by atoms with Gasteiger partial charge in [0.25, 0.3) is 15.9 Å². The summed E-state index contributed by atoms with van der Waals surface area (Å²) in [6.45, 7) is 0.915. The summed E-state index contributed by atoms with van der Waals surface area (Å²) in [5.41, 5.74) is 0.426. The standard InChI is InChI=1S/C24H23F2N3O7S2/c1-35-22-9-6-18(14-23(22)38(33,34)29-10-12-36-13-11-29)27-24(30)16-2-4-17(5-3-16)28-37(31,32)19-7-8-20(25)21(26)15-19/h2-9,14-15,28H,10-13H2,1H3,(H,27,30). The van der Waals surface area contributed by atoms with Crippen LogP contribution in [0, 0.1) is 11.6 Å². The van der Waals surface area contributed by atoms with Crippen LogP contribution in [0.2, 0.25) is 0 Å². The van der Waals surface area contributed by atoms with Gasteiger partial charge >= 0.3 is 0 Å². The highest BCUT2D eigenvalue weighted by Crippen LogP contribution is 2.30. The van der Waals surface area contributed by atoms with Gasteiger partial charge in [-0.05, 0) is 60.7 Å². The Kier molecular flexibility index (Phi) is 7.97. The maximum Gasteiger partial charge on any atom is 0.261 e. The van der Waals surface area contributed by atoms with E-state index in [1.165, 1.54) is 53.9 Å². The van der Waals surface area contributed by atoms with Crippen LogP contribution in [0.4, 0.5) is 20.2 Å². The molecule has 3 aromatic rings. The molecule has 4 rings (SSSR count). The molecule has 3 aromatic carbocycles. The number of carbonyl (C=O) groups excluding carboxylic acids is 1. The molecule has 0 unspecified atom stereocenters. The summed E-state index contributed by atoms with van der Waals surface area (Å²) in [5.74, 6) is -2.95. The van der Waals surface area contributed by atoms with Gasteiger partial charge in [0.15, 0.2) is 11.6 Å². The number of ether oxygens (including phenoxy) is 2. The number of nitrogens with one attached hydrogen (secondary N) is 2. The number of morpholine rings is 1. The van der Waals surface area contributed by atoms with Crippen molar-refractivity contribution in [3.8, 4) is 5.75 Å². The SMILES string of the molecule is COc1ccc(NC(=O)c2ccc(NS(=O)(=O)c3ccc(F)c(F)c3)cc2)cc1S(=O)(=O)N1CCOCC1. The van der Waals surface area contributed by atoms with Gasteiger partial charge < -0.3 is 14.8 Å². The van der Waals surface area contributed by atoms with E-state index in [0.29, 0.717) is 12.1 Å². The minimum absolute atomic E-state index is 0.0784. The lowest BCUT2D eigenvalue weighted by Crippen LogP contribution is -2.40. The molecular formula is C24H23F2N3O7S2. The van der Waals surface area contributed by atoms with Gasteiger partial charge in [0.2, 0.25) is 10.0 Å². The molecule has 1 heterocycles. The zero-order valence-corrected chi connectivity index (χ0v) is 21.6. The van der Waals surface area contributed by atoms with Gasteiger partial charge in [-0.25, -0.2) is 25.6 Å². The molecule has 1 aliphatic heterocycles. The Balaban J connectivity index is 1.49. The number of nitrogens with zero attached hydrogens (tertiary/aromatic N) is 1. The molecule has 1 saturated heterocycles. The molecule has 1 amide bonds. The first-order valence-electron chi connectivity index (χ1n) is 11.2. The summed E-state index contributed by atoms with van der Waals surface area (Å²) in [4.78, 5) is 12.2. The van der Waals surface area contributed by atoms with Gasteiger partial charge in [-0.3, -0.25) is 9.52 Å². The lowest BCUT2D eigenvalue weighted by atomic mass is 10.2. The fourth-order valence-electron chi connectivity index (χ4n) is 3.63. The Morgan fingerprint density at radius 3 is 2.18 bits per heavy atom. The number of hydrogen-bond acceptors (Lipinski definition) is 7. The highest BCUT2D eigenvalue weighted by molar-refractivity contribution is 7.92. The quantitative estimate of drug-likeness (QED) is 0.428. The minimum Gasteiger partial charge on any atom is -0.495 e. The molecule has 38 heavy (non-hydrogen) atoms. The Morgan fingerprint density at radius 2 is 1.55 bits per heavy atom. The van der Waals surface area contributed by atoms with Crippen molar-refractivity contribution in [1.82, 2.24) is 4.31 Å². The molecule has 0 bridgehead atoms. The predicted octanol–water partition coefficient (Wildman–Crippen LogP) is 3.05. The monoisotopic (exact) mass is 567 g/mol. The van der Waals surface area contributed by atoms with Gasteiger partial charge in [0, 0.05) is 30.0 Å². The van der Waals surface area contributed by atoms with Crippen molar-refractivity contribution in [2.24, 2.45) is 0 Å². The molecule has 0 aromatic heterocycles. The van der Waals surface area contributed by atoms with Gasteiger partial charge in [-0.15, -0.1) is 0 Å². The van der Waals surface area contributed by atoms with Crippen molar-refractivity contribution in [2.45, 2.75) is 9.79 Å². The molecule has 14 heteroatoms. The molecule has 202 valence electrons. The molecule has 0 spiro atoms. The van der Waals surface area contributed by atoms with Crippen LogP contribution in [-0.4, -0.2) is 60.5 Å². The molecule has 1 fully saturated rings. The maximum atomic E-state index is 13.4. The predicted molar refractivity (Wildman–Crippen MR) is 134 cm³/mol. The second-order valence-electron chi connectivity index (χ2n) is 8.09. The second-order valence-corrected chi connectivity index (χ2v) is 11.7. The van der Waals surface area contributed by atoms with Crippen molar-refractivity contribution in [3.05, 3.63) is 77.9 Å². The van der Waals surface area contributed by atoms with Crippen LogP contribution in [0.3, 0.4) is 0 Å². The number of rotatable bonds is 8. The third-order valence-corrected chi connectivity index (χ3v) is 8.91. The molecule has 0 radical (unpaired) electrons. The second kappa shape index (κ2) is 11.0. The number of benzene rings is 3. The van der Waals surface area contributed by atoms with Crippen molar-refractivity contribution >= 4 is 37.3 Å². The molecular weight excluding hydrogens is 544 g/mol. The molecule has 2 N–H and O–H groups in total. The Hall–Kier alpha value is -3.59. The Morgan fingerprint density at radius 1 is 0.895 bits per heavy atom. The number of amides is 1. The summed E-state index contributed by atoms with van der Waals surface area (Å²) in [6.07, 6.45) is 0. The number of halogens is 2. The van der Waals surface area contributed by atoms with Crippen LogP contribution in [0.15, 0.2) is 70.5 Å². The van der Waals surface area contributed by atoms with Gasteiger partial charge in [0.1, 0.15) is 10.6 Å². The topological polar surface area (TPSA) is 131 Å². The highest BCUT2D eigenvalue weighted by Gasteiger charge is 2.29. The van der Waals surface area contributed by atoms with Crippen LogP contribution < -0.4 is 14.8 Å². The van der Waals surface area contributed by atoms with E-state index in [9.17, 15) is 30.4 Å². The maximum absolute atomic E-state index is 13.4. The number of carbonyl (C=O) groups is 1. The van der Waals surface area contributed by atoms with E-state index in [0.717, 1.165) is 6.07 Å². The van der Waals surface area contributed by atoms with E-state index in [1.807, 2.05) is 0 Å². The first-order valence-corrected chi connectivity index (χ1v) is 14.1. The largest absolute Gasteiger partial charge is 0.495 e. The zero-order valence-electron chi connectivity index (χ0n) is 20.0. The first-order chi connectivity index (χ1) is 18.0. The number of methoxy groups -OCH3 is 1. The number of anilines is 2. The molecule has 0 saturated carbocycles.